The molecule has 0 saturated carbocycles. The highest BCUT2D eigenvalue weighted by Crippen LogP contribution is 2.13. The summed E-state index contributed by atoms with van der Waals surface area (Å²) in [6.45, 7) is 0.276. The zero-order valence-corrected chi connectivity index (χ0v) is 12.6. The fourth-order valence-corrected chi connectivity index (χ4v) is 2.62. The summed E-state index contributed by atoms with van der Waals surface area (Å²) in [6.07, 6.45) is 4.97. The molecule has 0 amide bonds. The first-order valence-corrected chi connectivity index (χ1v) is 7.46. The van der Waals surface area contributed by atoms with Gasteiger partial charge >= 0.3 is 0 Å². The zero-order valence-electron chi connectivity index (χ0n) is 12.6. The summed E-state index contributed by atoms with van der Waals surface area (Å²) in [7, 11) is 0. The van der Waals surface area contributed by atoms with Gasteiger partial charge in [0.15, 0.2) is 0 Å². The molecule has 2 heterocycles. The third kappa shape index (κ3) is 2.48. The summed E-state index contributed by atoms with van der Waals surface area (Å²) >= 11 is 0. The molecule has 0 spiro atoms. The molecule has 0 aliphatic rings. The highest BCUT2D eigenvalue weighted by Gasteiger charge is 2.08. The second kappa shape index (κ2) is 5.73. The Kier molecular flexibility index (Phi) is 3.42. The van der Waals surface area contributed by atoms with Crippen LogP contribution >= 0.6 is 0 Å². The molecule has 0 unspecified atom stereocenters. The van der Waals surface area contributed by atoms with Gasteiger partial charge in [-0.25, -0.2) is 13.8 Å². The number of hydrogen-bond donors (Lipinski definition) is 0. The van der Waals surface area contributed by atoms with Crippen LogP contribution in [0.25, 0.3) is 16.5 Å². The molecule has 0 aliphatic carbocycles. The van der Waals surface area contributed by atoms with Crippen LogP contribution in [0, 0.1) is 5.82 Å². The van der Waals surface area contributed by atoms with Crippen LogP contribution in [0.2, 0.25) is 0 Å². The first-order valence-electron chi connectivity index (χ1n) is 7.46. The Labute approximate surface area is 136 Å². The van der Waals surface area contributed by atoms with Crippen LogP contribution in [0.3, 0.4) is 0 Å². The number of rotatable bonds is 3. The van der Waals surface area contributed by atoms with Crippen LogP contribution in [0.5, 0.6) is 0 Å². The van der Waals surface area contributed by atoms with Crippen molar-refractivity contribution in [2.75, 3.05) is 0 Å². The van der Waals surface area contributed by atoms with Crippen LogP contribution in [0.4, 0.5) is 4.39 Å². The highest BCUT2D eigenvalue weighted by molar-refractivity contribution is 5.80. The Bertz CT molecular complexity index is 1080. The van der Waals surface area contributed by atoms with Gasteiger partial charge in [-0.2, -0.15) is 10.2 Å². The maximum absolute atomic E-state index is 13.8. The van der Waals surface area contributed by atoms with Gasteiger partial charge in [0.2, 0.25) is 0 Å². The van der Waals surface area contributed by atoms with Gasteiger partial charge in [0.25, 0.3) is 5.56 Å². The van der Waals surface area contributed by atoms with Crippen molar-refractivity contribution in [3.05, 3.63) is 88.9 Å². The van der Waals surface area contributed by atoms with E-state index in [-0.39, 0.29) is 17.9 Å². The van der Waals surface area contributed by atoms with Crippen molar-refractivity contribution in [1.29, 1.82) is 0 Å². The average molecular weight is 320 g/mol. The summed E-state index contributed by atoms with van der Waals surface area (Å²) in [6, 6.07) is 13.7. The predicted octanol–water partition coefficient (Wildman–Crippen LogP) is 2.77. The van der Waals surface area contributed by atoms with E-state index < -0.39 is 0 Å². The van der Waals surface area contributed by atoms with E-state index in [2.05, 4.69) is 10.2 Å². The van der Waals surface area contributed by atoms with Crippen LogP contribution < -0.4 is 5.56 Å². The van der Waals surface area contributed by atoms with E-state index in [0.29, 0.717) is 11.1 Å². The van der Waals surface area contributed by atoms with Crippen LogP contribution in [0.15, 0.2) is 71.9 Å². The molecular formula is C18H13FN4O. The zero-order chi connectivity index (χ0) is 16.5. The molecule has 2 aromatic heterocycles. The number of aromatic nitrogens is 4. The van der Waals surface area contributed by atoms with Gasteiger partial charge < -0.3 is 0 Å². The number of hydrogen-bond acceptors (Lipinski definition) is 3. The van der Waals surface area contributed by atoms with E-state index in [4.69, 9.17) is 0 Å². The minimum Gasteiger partial charge on any atom is -0.267 e. The summed E-state index contributed by atoms with van der Waals surface area (Å²) in [5, 5.41) is 9.79. The number of benzene rings is 2. The smallest absolute Gasteiger partial charge is 0.267 e. The van der Waals surface area contributed by atoms with Gasteiger partial charge in [0.05, 0.1) is 24.3 Å². The van der Waals surface area contributed by atoms with E-state index >= 15 is 0 Å². The third-order valence-corrected chi connectivity index (χ3v) is 3.83. The molecule has 24 heavy (non-hydrogen) atoms. The average Bonchev–Trinajstić information content (AvgIpc) is 3.06. The second-order valence-electron chi connectivity index (χ2n) is 5.44. The molecular weight excluding hydrogens is 307 g/mol. The Morgan fingerprint density at radius 2 is 1.75 bits per heavy atom. The van der Waals surface area contributed by atoms with Gasteiger partial charge in [-0.15, -0.1) is 0 Å². The van der Waals surface area contributed by atoms with Crippen molar-refractivity contribution < 1.29 is 4.39 Å². The minimum atomic E-state index is -0.354. The maximum Gasteiger partial charge on any atom is 0.274 e. The van der Waals surface area contributed by atoms with Crippen LogP contribution in [0.1, 0.15) is 5.56 Å². The predicted molar refractivity (Wildman–Crippen MR) is 88.6 cm³/mol. The van der Waals surface area contributed by atoms with Gasteiger partial charge in [0.1, 0.15) is 11.5 Å². The molecule has 0 aliphatic heterocycles. The van der Waals surface area contributed by atoms with Gasteiger partial charge in [-0.1, -0.05) is 30.3 Å². The third-order valence-electron chi connectivity index (χ3n) is 3.83. The molecule has 0 bridgehead atoms. The normalized spacial score (nSPS) is 11.0. The van der Waals surface area contributed by atoms with Gasteiger partial charge in [-0.05, 0) is 18.2 Å². The van der Waals surface area contributed by atoms with E-state index in [9.17, 15) is 9.18 Å². The Morgan fingerprint density at radius 3 is 2.62 bits per heavy atom. The minimum absolute atomic E-state index is 0.160. The highest BCUT2D eigenvalue weighted by atomic mass is 19.1. The summed E-state index contributed by atoms with van der Waals surface area (Å²) in [5.41, 5.74) is 0.970. The first-order chi connectivity index (χ1) is 11.7. The largest absolute Gasteiger partial charge is 0.274 e. The van der Waals surface area contributed by atoms with E-state index in [1.807, 2.05) is 18.2 Å². The Balaban J connectivity index is 1.69. The lowest BCUT2D eigenvalue weighted by Gasteiger charge is -2.04. The number of halogens is 1. The summed E-state index contributed by atoms with van der Waals surface area (Å²) in [4.78, 5) is 12.5. The monoisotopic (exact) mass is 320 g/mol. The van der Waals surface area contributed by atoms with Crippen LogP contribution in [-0.2, 0) is 6.54 Å². The molecule has 2 aromatic carbocycles. The molecule has 0 N–H and O–H groups in total. The van der Waals surface area contributed by atoms with Crippen molar-refractivity contribution in [3.8, 4) is 5.69 Å². The van der Waals surface area contributed by atoms with Gasteiger partial charge in [-0.3, -0.25) is 4.79 Å². The summed E-state index contributed by atoms with van der Waals surface area (Å²) < 4.78 is 16.7. The molecule has 6 heteroatoms. The van der Waals surface area contributed by atoms with Gasteiger partial charge in [0, 0.05) is 17.1 Å². The standard InChI is InChI=1S/C18H13FN4O/c19-16-7-3-4-8-17(16)22-11-13(9-20-22)12-23-18(24)15-6-2-1-5-14(15)10-21-23/h1-11H,12H2. The number of fused-ring (bicyclic) bond motifs is 1. The number of para-hydroxylation sites is 1. The van der Waals surface area contributed by atoms with Crippen molar-refractivity contribution in [2.24, 2.45) is 0 Å². The molecule has 118 valence electrons. The molecule has 0 saturated heterocycles. The lowest BCUT2D eigenvalue weighted by atomic mass is 10.2. The molecule has 0 atom stereocenters. The van der Waals surface area contributed by atoms with Crippen molar-refractivity contribution >= 4 is 10.8 Å². The van der Waals surface area contributed by atoms with E-state index in [1.54, 1.807) is 42.9 Å². The molecule has 0 fully saturated rings. The fourth-order valence-electron chi connectivity index (χ4n) is 2.62. The number of nitrogens with zero attached hydrogens (tertiary/aromatic N) is 4. The van der Waals surface area contributed by atoms with Crippen molar-refractivity contribution in [2.45, 2.75) is 6.54 Å². The Morgan fingerprint density at radius 1 is 0.958 bits per heavy atom. The quantitative estimate of drug-likeness (QED) is 0.583. The first kappa shape index (κ1) is 14.3. The van der Waals surface area contributed by atoms with Crippen molar-refractivity contribution in [3.63, 3.8) is 0 Å². The Hall–Kier alpha value is -3.28. The molecule has 4 rings (SSSR count). The second-order valence-corrected chi connectivity index (χ2v) is 5.44. The lowest BCUT2D eigenvalue weighted by Crippen LogP contribution is -2.23. The SMILES string of the molecule is O=c1c2ccccc2cnn1Cc1cnn(-c2ccccc2F)c1. The lowest BCUT2D eigenvalue weighted by molar-refractivity contribution is 0.610. The van der Waals surface area contributed by atoms with Crippen molar-refractivity contribution in [1.82, 2.24) is 19.6 Å². The molecule has 4 aromatic rings. The summed E-state index contributed by atoms with van der Waals surface area (Å²) in [5.74, 6) is -0.354. The molecule has 5 nitrogen and oxygen atoms in total. The van der Waals surface area contributed by atoms with E-state index in [0.717, 1.165) is 10.9 Å². The molecule has 0 radical (unpaired) electrons. The van der Waals surface area contributed by atoms with E-state index in [1.165, 1.54) is 15.4 Å². The topological polar surface area (TPSA) is 52.7 Å². The fraction of sp³-hybridized carbons (Fsp3) is 0.0556. The van der Waals surface area contributed by atoms with Crippen LogP contribution in [-0.4, -0.2) is 19.6 Å². The maximum atomic E-state index is 13.8.